The Morgan fingerprint density at radius 2 is 1.56 bits per heavy atom. The Hall–Kier alpha value is -4.28. The quantitative estimate of drug-likeness (QED) is 0.274. The highest BCUT2D eigenvalue weighted by Crippen LogP contribution is 2.35. The normalized spacial score (nSPS) is 10.4. The third kappa shape index (κ3) is 4.56. The molecule has 32 heavy (non-hydrogen) atoms. The summed E-state index contributed by atoms with van der Waals surface area (Å²) in [5.41, 5.74) is 0.226. The van der Waals surface area contributed by atoms with Gasteiger partial charge < -0.3 is 28.2 Å². The smallest absolute Gasteiger partial charge is 0.345 e. The van der Waals surface area contributed by atoms with Crippen LogP contribution in [0.4, 0.5) is 5.69 Å². The summed E-state index contributed by atoms with van der Waals surface area (Å²) in [5, 5.41) is 15.3. The van der Waals surface area contributed by atoms with E-state index in [4.69, 9.17) is 28.2 Å². The highest BCUT2D eigenvalue weighted by atomic mass is 16.6. The highest BCUT2D eigenvalue weighted by Gasteiger charge is 2.26. The van der Waals surface area contributed by atoms with E-state index in [-0.39, 0.29) is 23.7 Å². The van der Waals surface area contributed by atoms with Gasteiger partial charge in [-0.05, 0) is 18.2 Å². The first kappa shape index (κ1) is 22.4. The van der Waals surface area contributed by atoms with Crippen LogP contribution in [-0.4, -0.2) is 44.5 Å². The lowest BCUT2D eigenvalue weighted by Crippen LogP contribution is -2.09. The van der Waals surface area contributed by atoms with E-state index in [1.54, 1.807) is 24.3 Å². The van der Waals surface area contributed by atoms with E-state index in [9.17, 15) is 14.9 Å². The molecule has 0 aliphatic heterocycles. The van der Waals surface area contributed by atoms with Gasteiger partial charge in [0.15, 0.2) is 28.8 Å². The molecule has 0 N–H and O–H groups in total. The second-order valence-corrected chi connectivity index (χ2v) is 6.31. The van der Waals surface area contributed by atoms with Gasteiger partial charge in [-0.15, -0.1) is 0 Å². The van der Waals surface area contributed by atoms with Crippen molar-refractivity contribution in [1.29, 1.82) is 0 Å². The van der Waals surface area contributed by atoms with Crippen LogP contribution in [0.3, 0.4) is 0 Å². The first-order chi connectivity index (χ1) is 15.4. The minimum Gasteiger partial charge on any atom is -0.493 e. The van der Waals surface area contributed by atoms with E-state index in [0.717, 1.165) is 6.07 Å². The van der Waals surface area contributed by atoms with Crippen LogP contribution in [0, 0.1) is 10.1 Å². The van der Waals surface area contributed by atoms with Crippen molar-refractivity contribution in [3.8, 4) is 34.3 Å². The predicted molar refractivity (Wildman–Crippen MR) is 110 cm³/mol. The van der Waals surface area contributed by atoms with Gasteiger partial charge in [-0.25, -0.2) is 4.79 Å². The zero-order valence-electron chi connectivity index (χ0n) is 17.7. The standard InChI is InChI=1S/C21H20N2O9/c1-27-16-6-5-12(7-18(16)28-2)17-8-13(22-32-17)11-31-21(24)14-9-19(29-3)20(30-4)10-15(14)23(25)26/h5-10H,11H2,1-4H3. The monoisotopic (exact) mass is 444 g/mol. The summed E-state index contributed by atoms with van der Waals surface area (Å²) in [5.74, 6) is 0.827. The first-order valence-electron chi connectivity index (χ1n) is 9.17. The second-order valence-electron chi connectivity index (χ2n) is 6.31. The number of nitro groups is 1. The van der Waals surface area contributed by atoms with Gasteiger partial charge in [0, 0.05) is 17.7 Å². The van der Waals surface area contributed by atoms with Crippen molar-refractivity contribution in [2.45, 2.75) is 6.61 Å². The molecule has 0 bridgehead atoms. The highest BCUT2D eigenvalue weighted by molar-refractivity contribution is 5.95. The van der Waals surface area contributed by atoms with Gasteiger partial charge in [0.1, 0.15) is 17.9 Å². The fourth-order valence-corrected chi connectivity index (χ4v) is 2.91. The summed E-state index contributed by atoms with van der Waals surface area (Å²) < 4.78 is 31.1. The maximum Gasteiger partial charge on any atom is 0.345 e. The first-order valence-corrected chi connectivity index (χ1v) is 9.17. The zero-order chi connectivity index (χ0) is 23.3. The number of esters is 1. The van der Waals surface area contributed by atoms with Crippen molar-refractivity contribution >= 4 is 11.7 Å². The molecule has 3 rings (SSSR count). The molecule has 168 valence electrons. The zero-order valence-corrected chi connectivity index (χ0v) is 17.7. The molecule has 0 unspecified atom stereocenters. The molecule has 0 aliphatic rings. The number of carbonyl (C=O) groups is 1. The van der Waals surface area contributed by atoms with Crippen molar-refractivity contribution in [1.82, 2.24) is 5.16 Å². The number of rotatable bonds is 9. The minimum absolute atomic E-state index is 0.117. The van der Waals surface area contributed by atoms with Crippen molar-refractivity contribution in [3.05, 3.63) is 57.8 Å². The van der Waals surface area contributed by atoms with Crippen LogP contribution in [0.25, 0.3) is 11.3 Å². The molecule has 0 spiro atoms. The van der Waals surface area contributed by atoms with Crippen molar-refractivity contribution < 1.29 is 37.9 Å². The lowest BCUT2D eigenvalue weighted by atomic mass is 10.1. The number of hydrogen-bond donors (Lipinski definition) is 0. The van der Waals surface area contributed by atoms with Crippen LogP contribution in [-0.2, 0) is 11.3 Å². The van der Waals surface area contributed by atoms with Crippen LogP contribution in [0.5, 0.6) is 23.0 Å². The molecule has 0 saturated heterocycles. The molecule has 3 aromatic rings. The molecule has 1 aromatic heterocycles. The molecule has 0 amide bonds. The Morgan fingerprint density at radius 3 is 2.19 bits per heavy atom. The van der Waals surface area contributed by atoms with Gasteiger partial charge in [0.05, 0.1) is 39.4 Å². The average Bonchev–Trinajstić information content (AvgIpc) is 3.30. The van der Waals surface area contributed by atoms with Gasteiger partial charge >= 0.3 is 5.97 Å². The third-order valence-electron chi connectivity index (χ3n) is 4.50. The van der Waals surface area contributed by atoms with Gasteiger partial charge in [-0.2, -0.15) is 0 Å². The largest absolute Gasteiger partial charge is 0.493 e. The Labute approximate surface area is 182 Å². The number of nitro benzene ring substituents is 1. The summed E-state index contributed by atoms with van der Waals surface area (Å²) in [6, 6.07) is 9.05. The van der Waals surface area contributed by atoms with Crippen molar-refractivity contribution in [2.75, 3.05) is 28.4 Å². The average molecular weight is 444 g/mol. The lowest BCUT2D eigenvalue weighted by Gasteiger charge is -2.10. The topological polar surface area (TPSA) is 132 Å². The van der Waals surface area contributed by atoms with E-state index >= 15 is 0 Å². The summed E-state index contributed by atoms with van der Waals surface area (Å²) in [6.45, 7) is -0.263. The number of carbonyl (C=O) groups excluding carboxylic acids is 1. The second kappa shape index (κ2) is 9.69. The number of aromatic nitrogens is 1. The molecule has 0 saturated carbocycles. The maximum absolute atomic E-state index is 12.5. The lowest BCUT2D eigenvalue weighted by molar-refractivity contribution is -0.385. The molecular formula is C21H20N2O9. The summed E-state index contributed by atoms with van der Waals surface area (Å²) >= 11 is 0. The van der Waals surface area contributed by atoms with E-state index in [1.807, 2.05) is 0 Å². The molecule has 0 aliphatic carbocycles. The maximum atomic E-state index is 12.5. The molecule has 11 nitrogen and oxygen atoms in total. The number of nitrogens with zero attached hydrogens (tertiary/aromatic N) is 2. The van der Waals surface area contributed by atoms with Crippen LogP contribution in [0.2, 0.25) is 0 Å². The minimum atomic E-state index is -0.923. The fourth-order valence-electron chi connectivity index (χ4n) is 2.91. The number of ether oxygens (including phenoxy) is 5. The van der Waals surface area contributed by atoms with E-state index in [0.29, 0.717) is 28.5 Å². The third-order valence-corrected chi connectivity index (χ3v) is 4.50. The Bertz CT molecular complexity index is 1140. The molecule has 0 fully saturated rings. The molecule has 0 radical (unpaired) electrons. The molecule has 1 heterocycles. The Morgan fingerprint density at radius 1 is 0.938 bits per heavy atom. The predicted octanol–water partition coefficient (Wildman–Crippen LogP) is 3.64. The van der Waals surface area contributed by atoms with Crippen LogP contribution in [0.15, 0.2) is 40.9 Å². The van der Waals surface area contributed by atoms with Crippen LogP contribution in [0.1, 0.15) is 16.1 Å². The van der Waals surface area contributed by atoms with Crippen LogP contribution >= 0.6 is 0 Å². The van der Waals surface area contributed by atoms with E-state index in [2.05, 4.69) is 5.16 Å². The van der Waals surface area contributed by atoms with Crippen molar-refractivity contribution in [3.63, 3.8) is 0 Å². The van der Waals surface area contributed by atoms with Crippen LogP contribution < -0.4 is 18.9 Å². The van der Waals surface area contributed by atoms with Gasteiger partial charge in [-0.3, -0.25) is 10.1 Å². The number of hydrogen-bond acceptors (Lipinski definition) is 10. The summed E-state index contributed by atoms with van der Waals surface area (Å²) in [7, 11) is 5.73. The SMILES string of the molecule is COc1ccc(-c2cc(COC(=O)c3cc(OC)c(OC)cc3[N+](=O)[O-])no2)cc1OC. The molecule has 0 atom stereocenters. The molecular weight excluding hydrogens is 424 g/mol. The van der Waals surface area contributed by atoms with Gasteiger partial charge in [0.2, 0.25) is 0 Å². The van der Waals surface area contributed by atoms with E-state index in [1.165, 1.54) is 34.5 Å². The fraction of sp³-hybridized carbons (Fsp3) is 0.238. The number of benzene rings is 2. The van der Waals surface area contributed by atoms with Gasteiger partial charge in [-0.1, -0.05) is 5.16 Å². The Balaban J connectivity index is 1.78. The molecule has 11 heteroatoms. The van der Waals surface area contributed by atoms with E-state index < -0.39 is 16.6 Å². The number of methoxy groups -OCH3 is 4. The molecule has 2 aromatic carbocycles. The summed E-state index contributed by atoms with van der Waals surface area (Å²) in [6.07, 6.45) is 0. The summed E-state index contributed by atoms with van der Waals surface area (Å²) in [4.78, 5) is 23.2. The van der Waals surface area contributed by atoms with Gasteiger partial charge in [0.25, 0.3) is 5.69 Å². The van der Waals surface area contributed by atoms with Crippen molar-refractivity contribution in [2.24, 2.45) is 0 Å². The Kier molecular flexibility index (Phi) is 6.78.